The van der Waals surface area contributed by atoms with Gasteiger partial charge in [-0.1, -0.05) is 79.2 Å². The highest BCUT2D eigenvalue weighted by molar-refractivity contribution is 7.93. The summed E-state index contributed by atoms with van der Waals surface area (Å²) in [6.45, 7) is 17.8. The zero-order valence-electron chi connectivity index (χ0n) is 20.2. The lowest BCUT2D eigenvalue weighted by Gasteiger charge is -2.48. The average molecular weight is 463 g/mol. The van der Waals surface area contributed by atoms with Crippen LogP contribution in [0.4, 0.5) is 0 Å². The van der Waals surface area contributed by atoms with Crippen molar-refractivity contribution in [2.75, 3.05) is 0 Å². The summed E-state index contributed by atoms with van der Waals surface area (Å²) < 4.78 is 34.4. The van der Waals surface area contributed by atoms with Crippen molar-refractivity contribution in [3.05, 3.63) is 42.0 Å². The molecule has 0 saturated heterocycles. The highest BCUT2D eigenvalue weighted by Gasteiger charge is 2.60. The second-order valence-electron chi connectivity index (χ2n) is 10.9. The summed E-state index contributed by atoms with van der Waals surface area (Å²) in [5.41, 5.74) is 1.88. The van der Waals surface area contributed by atoms with Gasteiger partial charge in [-0.2, -0.15) is 0 Å². The third kappa shape index (κ3) is 3.89. The Bertz CT molecular complexity index is 939. The molecule has 4 nitrogen and oxygen atoms in total. The Labute approximate surface area is 189 Å². The van der Waals surface area contributed by atoms with E-state index in [2.05, 4.69) is 55.4 Å². The molecule has 3 atom stereocenters. The normalized spacial score (nSPS) is 26.1. The fourth-order valence-electron chi connectivity index (χ4n) is 6.33. The van der Waals surface area contributed by atoms with E-state index in [1.165, 1.54) is 0 Å². The van der Waals surface area contributed by atoms with Gasteiger partial charge in [0, 0.05) is 5.92 Å². The van der Waals surface area contributed by atoms with Gasteiger partial charge in [0.15, 0.2) is 15.6 Å². The van der Waals surface area contributed by atoms with Crippen molar-refractivity contribution in [2.45, 2.75) is 94.7 Å². The van der Waals surface area contributed by atoms with Crippen LogP contribution in [0, 0.1) is 11.3 Å². The first kappa shape index (κ1) is 24.4. The first-order chi connectivity index (χ1) is 14.3. The van der Waals surface area contributed by atoms with Gasteiger partial charge >= 0.3 is 0 Å². The number of carbonyl (C=O) groups excluding carboxylic acids is 1. The van der Waals surface area contributed by atoms with E-state index in [-0.39, 0.29) is 22.2 Å². The molecule has 0 bridgehead atoms. The maximum Gasteiger partial charge on any atom is 0.200 e. The van der Waals surface area contributed by atoms with E-state index in [4.69, 9.17) is 4.43 Å². The molecular formula is C25H38O4SSi. The zero-order valence-corrected chi connectivity index (χ0v) is 22.0. The van der Waals surface area contributed by atoms with E-state index in [1.54, 1.807) is 36.4 Å². The number of hydrogen-bond donors (Lipinski definition) is 0. The van der Waals surface area contributed by atoms with Crippen molar-refractivity contribution in [2.24, 2.45) is 11.3 Å². The number of benzene rings is 1. The fraction of sp³-hybridized carbons (Fsp3) is 0.640. The van der Waals surface area contributed by atoms with Crippen LogP contribution >= 0.6 is 0 Å². The topological polar surface area (TPSA) is 60.4 Å². The number of hydrogen-bond acceptors (Lipinski definition) is 4. The lowest BCUT2D eigenvalue weighted by Crippen LogP contribution is -2.54. The van der Waals surface area contributed by atoms with Crippen molar-refractivity contribution in [3.63, 3.8) is 0 Å². The number of sulfone groups is 1. The van der Waals surface area contributed by atoms with Gasteiger partial charge in [-0.25, -0.2) is 8.42 Å². The van der Waals surface area contributed by atoms with E-state index in [9.17, 15) is 13.2 Å². The van der Waals surface area contributed by atoms with Crippen LogP contribution in [0.25, 0.3) is 0 Å². The minimum Gasteiger partial charge on any atom is -0.412 e. The standard InChI is InChI=1S/C25H38O4SSi/c1-16(2)31(17(3)4,18(5)6)29-24-22-19(15-25(24,7)8)14-21(26)23(22)30(27,28)20-12-10-9-11-13-20/h9-14,16-18,22-24H,15H2,1-8H3/t22-,23-,24+/m0/s1. The maximum atomic E-state index is 13.6. The van der Waals surface area contributed by atoms with Crippen LogP contribution in [0.15, 0.2) is 46.9 Å². The predicted octanol–water partition coefficient (Wildman–Crippen LogP) is 5.94. The predicted molar refractivity (Wildman–Crippen MR) is 128 cm³/mol. The summed E-state index contributed by atoms with van der Waals surface area (Å²) in [4.78, 5) is 13.2. The number of rotatable bonds is 7. The molecule has 3 rings (SSSR count). The Hall–Kier alpha value is -1.24. The number of ketones is 1. The lowest BCUT2D eigenvalue weighted by atomic mass is 9.86. The Morgan fingerprint density at radius 1 is 0.968 bits per heavy atom. The van der Waals surface area contributed by atoms with Crippen molar-refractivity contribution >= 4 is 23.9 Å². The third-order valence-electron chi connectivity index (χ3n) is 7.56. The van der Waals surface area contributed by atoms with Gasteiger partial charge in [-0.05, 0) is 46.7 Å². The molecule has 2 aliphatic carbocycles. The first-order valence-electron chi connectivity index (χ1n) is 11.5. The van der Waals surface area contributed by atoms with Crippen LogP contribution in [0.1, 0.15) is 61.8 Å². The first-order valence-corrected chi connectivity index (χ1v) is 15.2. The molecule has 0 aromatic heterocycles. The summed E-state index contributed by atoms with van der Waals surface area (Å²) in [7, 11) is -6.07. The van der Waals surface area contributed by atoms with Gasteiger partial charge in [0.05, 0.1) is 11.0 Å². The van der Waals surface area contributed by atoms with Crippen LogP contribution in [0.5, 0.6) is 0 Å². The molecule has 0 radical (unpaired) electrons. The molecule has 1 aromatic carbocycles. The molecule has 31 heavy (non-hydrogen) atoms. The van der Waals surface area contributed by atoms with E-state index in [0.717, 1.165) is 5.57 Å². The van der Waals surface area contributed by atoms with E-state index in [0.29, 0.717) is 23.0 Å². The largest absolute Gasteiger partial charge is 0.412 e. The molecule has 0 N–H and O–H groups in total. The van der Waals surface area contributed by atoms with E-state index < -0.39 is 29.3 Å². The molecule has 0 aliphatic heterocycles. The summed E-state index contributed by atoms with van der Waals surface area (Å²) in [6, 6.07) is 8.39. The second kappa shape index (κ2) is 8.27. The van der Waals surface area contributed by atoms with Gasteiger partial charge in [-0.3, -0.25) is 4.79 Å². The van der Waals surface area contributed by atoms with Gasteiger partial charge in [0.2, 0.25) is 8.32 Å². The van der Waals surface area contributed by atoms with Gasteiger partial charge < -0.3 is 4.43 Å². The number of fused-ring (bicyclic) bond motifs is 1. The molecular weight excluding hydrogens is 424 g/mol. The van der Waals surface area contributed by atoms with Crippen LogP contribution in [-0.2, 0) is 19.1 Å². The average Bonchev–Trinajstić information content (AvgIpc) is 3.08. The van der Waals surface area contributed by atoms with Crippen LogP contribution in [-0.4, -0.2) is 33.9 Å². The summed E-state index contributed by atoms with van der Waals surface area (Å²) in [6.07, 6.45) is 2.02. The molecule has 6 heteroatoms. The molecule has 1 saturated carbocycles. The molecule has 0 amide bonds. The van der Waals surface area contributed by atoms with Crippen LogP contribution < -0.4 is 0 Å². The van der Waals surface area contributed by atoms with Crippen LogP contribution in [0.3, 0.4) is 0 Å². The fourth-order valence-corrected chi connectivity index (χ4v) is 14.0. The highest BCUT2D eigenvalue weighted by Crippen LogP contribution is 2.56. The smallest absolute Gasteiger partial charge is 0.200 e. The Morgan fingerprint density at radius 2 is 1.48 bits per heavy atom. The van der Waals surface area contributed by atoms with Crippen molar-refractivity contribution in [1.29, 1.82) is 0 Å². The van der Waals surface area contributed by atoms with E-state index in [1.807, 2.05) is 0 Å². The van der Waals surface area contributed by atoms with Gasteiger partial charge in [0.25, 0.3) is 0 Å². The van der Waals surface area contributed by atoms with Gasteiger partial charge in [-0.15, -0.1) is 0 Å². The quantitative estimate of drug-likeness (QED) is 0.470. The molecule has 172 valence electrons. The van der Waals surface area contributed by atoms with E-state index >= 15 is 0 Å². The molecule has 2 aliphatic rings. The number of allylic oxidation sites excluding steroid dienone is 1. The minimum absolute atomic E-state index is 0.214. The summed E-state index contributed by atoms with van der Waals surface area (Å²) in [5, 5.41) is -1.09. The maximum absolute atomic E-state index is 13.6. The Kier molecular flexibility index (Phi) is 6.51. The van der Waals surface area contributed by atoms with Gasteiger partial charge in [0.1, 0.15) is 5.25 Å². The van der Waals surface area contributed by atoms with Crippen LogP contribution in [0.2, 0.25) is 16.6 Å². The molecule has 0 heterocycles. The van der Waals surface area contributed by atoms with Crippen molar-refractivity contribution < 1.29 is 17.6 Å². The Morgan fingerprint density at radius 3 is 1.97 bits per heavy atom. The van der Waals surface area contributed by atoms with Crippen molar-refractivity contribution in [3.8, 4) is 0 Å². The SMILES string of the molecule is CC(C)[Si](O[C@@H]1[C@H]2C(=CC(=O)[C@@H]2S(=O)(=O)c2ccccc2)CC1(C)C)(C(C)C)C(C)C. The highest BCUT2D eigenvalue weighted by atomic mass is 32.2. The molecule has 0 unspecified atom stereocenters. The summed E-state index contributed by atoms with van der Waals surface area (Å²) >= 11 is 0. The molecule has 1 fully saturated rings. The lowest BCUT2D eigenvalue weighted by molar-refractivity contribution is -0.114. The number of carbonyl (C=O) groups is 1. The zero-order chi connectivity index (χ0) is 23.4. The summed E-state index contributed by atoms with van der Waals surface area (Å²) in [5.74, 6) is -0.699. The van der Waals surface area contributed by atoms with Crippen molar-refractivity contribution in [1.82, 2.24) is 0 Å². The second-order valence-corrected chi connectivity index (χ2v) is 18.4. The monoisotopic (exact) mass is 462 g/mol. The molecule has 0 spiro atoms. The third-order valence-corrected chi connectivity index (χ3v) is 15.8. The molecule has 1 aromatic rings. The Balaban J connectivity index is 2.11. The minimum atomic E-state index is -3.81.